The van der Waals surface area contributed by atoms with Gasteiger partial charge in [-0.15, -0.1) is 0 Å². The first kappa shape index (κ1) is 21.8. The van der Waals surface area contributed by atoms with Crippen molar-refractivity contribution in [3.05, 3.63) is 40.4 Å². The van der Waals surface area contributed by atoms with Crippen molar-refractivity contribution in [2.45, 2.75) is 44.3 Å². The molecule has 1 fully saturated rings. The molecule has 0 unspecified atom stereocenters. The van der Waals surface area contributed by atoms with E-state index in [0.717, 1.165) is 37.5 Å². The van der Waals surface area contributed by atoms with Crippen LogP contribution in [-0.4, -0.2) is 39.3 Å². The Hall–Kier alpha value is -2.46. The maximum absolute atomic E-state index is 13.1. The summed E-state index contributed by atoms with van der Waals surface area (Å²) in [5.74, 6) is -0.524. The number of nitrogens with one attached hydrogen (secondary N) is 1. The molecule has 0 bridgehead atoms. The first-order valence-electron chi connectivity index (χ1n) is 10.4. The third-order valence-electron chi connectivity index (χ3n) is 5.00. The maximum Gasteiger partial charge on any atom is 0.273 e. The first-order chi connectivity index (χ1) is 15.0. The fourth-order valence-electron chi connectivity index (χ4n) is 3.49. The third kappa shape index (κ3) is 5.07. The molecular weight excluding hydrogens is 437 g/mol. The van der Waals surface area contributed by atoms with E-state index in [4.69, 9.17) is 0 Å². The van der Waals surface area contributed by atoms with E-state index in [1.54, 1.807) is 4.57 Å². The monoisotopic (exact) mass is 461 g/mol. The second-order valence-corrected chi connectivity index (χ2v) is 9.31. The topological polar surface area (TPSA) is 80.1 Å². The van der Waals surface area contributed by atoms with Crippen molar-refractivity contribution in [2.24, 2.45) is 0 Å². The van der Waals surface area contributed by atoms with Crippen LogP contribution in [0.3, 0.4) is 0 Å². The van der Waals surface area contributed by atoms with Crippen molar-refractivity contribution in [1.82, 2.24) is 14.5 Å². The Bertz CT molecular complexity index is 1120. The zero-order valence-corrected chi connectivity index (χ0v) is 18.9. The molecule has 1 N–H and O–H groups in total. The van der Waals surface area contributed by atoms with E-state index in [0.29, 0.717) is 27.7 Å². The lowest BCUT2D eigenvalue weighted by Crippen LogP contribution is -2.29. The van der Waals surface area contributed by atoms with Crippen molar-refractivity contribution in [3.8, 4) is 0 Å². The number of amides is 1. The standard InChI is InChI=1S/C21H24FN5O2S2/c1-2-10-27-19(29)17-18(24-20(31-17)26-11-4-3-5-12-26)25-21(27)30-13-16(28)23-15-8-6-14(22)7-9-15/h6-9H,2-5,10-13H2,1H3,(H,23,28). The summed E-state index contributed by atoms with van der Waals surface area (Å²) in [6, 6.07) is 5.60. The second-order valence-electron chi connectivity index (χ2n) is 7.39. The molecule has 1 amide bonds. The highest BCUT2D eigenvalue weighted by Gasteiger charge is 2.20. The number of nitrogens with zero attached hydrogens (tertiary/aromatic N) is 4. The van der Waals surface area contributed by atoms with Crippen LogP contribution in [0.1, 0.15) is 32.6 Å². The molecule has 3 aromatic rings. The quantitative estimate of drug-likeness (QED) is 0.421. The predicted molar refractivity (Wildman–Crippen MR) is 124 cm³/mol. The normalized spacial score (nSPS) is 14.2. The van der Waals surface area contributed by atoms with Gasteiger partial charge in [0.2, 0.25) is 5.91 Å². The molecule has 7 nitrogen and oxygen atoms in total. The number of carbonyl (C=O) groups is 1. The Kier molecular flexibility index (Phi) is 6.86. The van der Waals surface area contributed by atoms with Crippen LogP contribution in [0.25, 0.3) is 10.3 Å². The van der Waals surface area contributed by atoms with Gasteiger partial charge in [-0.1, -0.05) is 30.0 Å². The van der Waals surface area contributed by atoms with Crippen molar-refractivity contribution >= 4 is 50.2 Å². The van der Waals surface area contributed by atoms with Gasteiger partial charge < -0.3 is 10.2 Å². The number of carbonyl (C=O) groups excluding carboxylic acids is 1. The maximum atomic E-state index is 13.1. The number of thiazole rings is 1. The van der Waals surface area contributed by atoms with Crippen molar-refractivity contribution < 1.29 is 9.18 Å². The summed E-state index contributed by atoms with van der Waals surface area (Å²) in [4.78, 5) is 37.0. The molecule has 1 aliphatic rings. The summed E-state index contributed by atoms with van der Waals surface area (Å²) in [5.41, 5.74) is 0.866. The minimum atomic E-state index is -0.361. The lowest BCUT2D eigenvalue weighted by molar-refractivity contribution is -0.113. The Morgan fingerprint density at radius 1 is 1.19 bits per heavy atom. The van der Waals surface area contributed by atoms with Gasteiger partial charge in [0, 0.05) is 25.3 Å². The second kappa shape index (κ2) is 9.78. The van der Waals surface area contributed by atoms with Crippen molar-refractivity contribution in [3.63, 3.8) is 0 Å². The summed E-state index contributed by atoms with van der Waals surface area (Å²) in [6.07, 6.45) is 4.27. The molecule has 31 heavy (non-hydrogen) atoms. The van der Waals surface area contributed by atoms with Crippen LogP contribution in [0.5, 0.6) is 0 Å². The molecule has 1 aromatic carbocycles. The summed E-state index contributed by atoms with van der Waals surface area (Å²) in [7, 11) is 0. The number of rotatable bonds is 7. The Labute approximate surface area is 187 Å². The van der Waals surface area contributed by atoms with Gasteiger partial charge in [0.25, 0.3) is 5.56 Å². The number of thioether (sulfide) groups is 1. The molecule has 0 aliphatic carbocycles. The minimum Gasteiger partial charge on any atom is -0.348 e. The van der Waals surface area contributed by atoms with Gasteiger partial charge in [-0.2, -0.15) is 4.98 Å². The lowest BCUT2D eigenvalue weighted by atomic mass is 10.1. The Balaban J connectivity index is 1.55. The number of fused-ring (bicyclic) bond motifs is 1. The van der Waals surface area contributed by atoms with Gasteiger partial charge in [-0.05, 0) is 49.9 Å². The highest BCUT2D eigenvalue weighted by Crippen LogP contribution is 2.29. The largest absolute Gasteiger partial charge is 0.348 e. The number of halogens is 1. The first-order valence-corrected chi connectivity index (χ1v) is 12.2. The van der Waals surface area contributed by atoms with E-state index in [2.05, 4.69) is 20.2 Å². The van der Waals surface area contributed by atoms with Crippen LogP contribution in [0.4, 0.5) is 15.2 Å². The van der Waals surface area contributed by atoms with Gasteiger partial charge in [-0.3, -0.25) is 14.2 Å². The Morgan fingerprint density at radius 2 is 1.94 bits per heavy atom. The number of aromatic nitrogens is 3. The molecule has 10 heteroatoms. The number of benzene rings is 1. The highest BCUT2D eigenvalue weighted by atomic mass is 32.2. The fourth-order valence-corrected chi connectivity index (χ4v) is 5.31. The van der Waals surface area contributed by atoms with E-state index >= 15 is 0 Å². The molecule has 164 valence electrons. The number of piperidine rings is 1. The van der Waals surface area contributed by atoms with E-state index in [1.165, 1.54) is 53.8 Å². The van der Waals surface area contributed by atoms with Crippen LogP contribution in [0.15, 0.2) is 34.2 Å². The molecule has 0 spiro atoms. The zero-order valence-electron chi connectivity index (χ0n) is 17.3. The van der Waals surface area contributed by atoms with Gasteiger partial charge in [0.05, 0.1) is 5.75 Å². The summed E-state index contributed by atoms with van der Waals surface area (Å²) in [6.45, 7) is 4.43. The third-order valence-corrected chi connectivity index (χ3v) is 7.07. The van der Waals surface area contributed by atoms with E-state index in [1.807, 2.05) is 6.92 Å². The Morgan fingerprint density at radius 3 is 2.65 bits per heavy atom. The summed E-state index contributed by atoms with van der Waals surface area (Å²) < 4.78 is 15.2. The molecule has 2 aromatic heterocycles. The van der Waals surface area contributed by atoms with Gasteiger partial charge in [0.1, 0.15) is 10.5 Å². The van der Waals surface area contributed by atoms with E-state index in [9.17, 15) is 14.0 Å². The lowest BCUT2D eigenvalue weighted by Gasteiger charge is -2.25. The average molecular weight is 462 g/mol. The van der Waals surface area contributed by atoms with Gasteiger partial charge in [-0.25, -0.2) is 9.37 Å². The summed E-state index contributed by atoms with van der Waals surface area (Å²) in [5, 5.41) is 4.06. The van der Waals surface area contributed by atoms with Crippen LogP contribution < -0.4 is 15.8 Å². The molecule has 0 atom stereocenters. The molecule has 0 radical (unpaired) electrons. The molecule has 1 aliphatic heterocycles. The van der Waals surface area contributed by atoms with Crippen LogP contribution >= 0.6 is 23.1 Å². The minimum absolute atomic E-state index is 0.0855. The average Bonchev–Trinajstić information content (AvgIpc) is 3.21. The highest BCUT2D eigenvalue weighted by molar-refractivity contribution is 7.99. The van der Waals surface area contributed by atoms with Crippen LogP contribution in [0, 0.1) is 5.82 Å². The summed E-state index contributed by atoms with van der Waals surface area (Å²) >= 11 is 2.61. The van der Waals surface area contributed by atoms with Crippen LogP contribution in [0.2, 0.25) is 0 Å². The molecule has 1 saturated heterocycles. The van der Waals surface area contributed by atoms with Gasteiger partial charge in [0.15, 0.2) is 15.9 Å². The van der Waals surface area contributed by atoms with E-state index < -0.39 is 0 Å². The molecular formula is C21H24FN5O2S2. The van der Waals surface area contributed by atoms with Crippen LogP contribution in [-0.2, 0) is 11.3 Å². The zero-order chi connectivity index (χ0) is 21.8. The van der Waals surface area contributed by atoms with Gasteiger partial charge >= 0.3 is 0 Å². The molecule has 3 heterocycles. The fraction of sp³-hybridized carbons (Fsp3) is 0.429. The number of hydrogen-bond donors (Lipinski definition) is 1. The molecule has 4 rings (SSSR count). The SMILES string of the molecule is CCCn1c(SCC(=O)Nc2ccc(F)cc2)nc2nc(N3CCCCC3)sc2c1=O. The number of anilines is 2. The smallest absolute Gasteiger partial charge is 0.273 e. The predicted octanol–water partition coefficient (Wildman–Crippen LogP) is 4.12. The van der Waals surface area contributed by atoms with Crippen molar-refractivity contribution in [1.29, 1.82) is 0 Å². The number of hydrogen-bond acceptors (Lipinski definition) is 7. The van der Waals surface area contributed by atoms with E-state index in [-0.39, 0.29) is 23.0 Å². The van der Waals surface area contributed by atoms with Crippen molar-refractivity contribution in [2.75, 3.05) is 29.1 Å². The molecule has 0 saturated carbocycles.